The zero-order valence-electron chi connectivity index (χ0n) is 23.5. The molecular weight excluding hydrogens is 557 g/mol. The molecule has 0 heterocycles. The summed E-state index contributed by atoms with van der Waals surface area (Å²) in [7, 11) is 6.32. The normalized spacial score (nSPS) is 18.3. The Labute approximate surface area is 240 Å². The molecule has 11 heteroatoms. The number of ether oxygens (including phenoxy) is 6. The van der Waals surface area contributed by atoms with E-state index in [-0.39, 0.29) is 17.1 Å². The molecule has 0 unspecified atom stereocenters. The molecular formula is C31H29F3O8. The smallest absolute Gasteiger partial charge is 0.432 e. The molecule has 0 spiro atoms. The van der Waals surface area contributed by atoms with Crippen molar-refractivity contribution in [2.45, 2.75) is 23.8 Å². The van der Waals surface area contributed by atoms with Gasteiger partial charge in [-0.2, -0.15) is 13.2 Å². The number of methoxy groups -OCH3 is 5. The number of esters is 1. The molecule has 1 aliphatic carbocycles. The Hall–Kier alpha value is -4.51. The van der Waals surface area contributed by atoms with E-state index >= 15 is 0 Å². The Morgan fingerprint density at radius 2 is 1.40 bits per heavy atom. The summed E-state index contributed by atoms with van der Waals surface area (Å²) in [5.41, 5.74) is -3.26. The first kappa shape index (κ1) is 30.4. The molecule has 0 aromatic heterocycles. The number of benzene rings is 3. The van der Waals surface area contributed by atoms with Gasteiger partial charge >= 0.3 is 12.1 Å². The van der Waals surface area contributed by atoms with Gasteiger partial charge in [-0.25, -0.2) is 4.79 Å². The molecule has 0 amide bonds. The molecule has 3 aromatic carbocycles. The maximum Gasteiger partial charge on any atom is 0.432 e. The van der Waals surface area contributed by atoms with Crippen LogP contribution in [0.1, 0.15) is 22.6 Å². The lowest BCUT2D eigenvalue weighted by Crippen LogP contribution is -2.53. The lowest BCUT2D eigenvalue weighted by Gasteiger charge is -2.34. The third-order valence-corrected chi connectivity index (χ3v) is 7.11. The van der Waals surface area contributed by atoms with Crippen molar-refractivity contribution in [3.63, 3.8) is 0 Å². The highest BCUT2D eigenvalue weighted by Crippen LogP contribution is 2.48. The van der Waals surface area contributed by atoms with Crippen LogP contribution in [0.25, 0.3) is 5.57 Å². The SMILES string of the molecule is COC1=C(c2ccc(OC)cc2)C(=O)[C@H](c2ccc(OC)c(OC)c2)[C@@H]1OC(=O)[C@](OC)(c1ccccc1)C(F)(F)F. The number of hydrogen-bond donors (Lipinski definition) is 0. The van der Waals surface area contributed by atoms with Crippen molar-refractivity contribution in [3.8, 4) is 17.2 Å². The third kappa shape index (κ3) is 5.16. The number of allylic oxidation sites excluding steroid dienone is 1. The Morgan fingerprint density at radius 3 is 1.93 bits per heavy atom. The standard InChI is InChI=1S/C31H29F3O8/c1-37-21-14-11-18(12-15-21)24-26(35)25(19-13-16-22(38-2)23(17-19)39-3)28(27(24)40-4)42-29(36)30(41-5,31(32,33)34)20-9-7-6-8-10-20/h6-17,25,28H,1-5H3/t25-,28-,30+/m0/s1. The van der Waals surface area contributed by atoms with E-state index in [0.29, 0.717) is 22.6 Å². The highest BCUT2D eigenvalue weighted by molar-refractivity contribution is 6.27. The summed E-state index contributed by atoms with van der Waals surface area (Å²) >= 11 is 0. The number of carbonyl (C=O) groups is 2. The highest BCUT2D eigenvalue weighted by Gasteiger charge is 2.65. The summed E-state index contributed by atoms with van der Waals surface area (Å²) in [4.78, 5) is 27.8. The summed E-state index contributed by atoms with van der Waals surface area (Å²) in [6.07, 6.45) is -6.82. The first-order valence-electron chi connectivity index (χ1n) is 12.6. The van der Waals surface area contributed by atoms with E-state index in [9.17, 15) is 22.8 Å². The first-order chi connectivity index (χ1) is 20.1. The minimum absolute atomic E-state index is 0.0347. The van der Waals surface area contributed by atoms with E-state index in [1.807, 2.05) is 0 Å². The van der Waals surface area contributed by atoms with Crippen LogP contribution in [0.4, 0.5) is 13.2 Å². The monoisotopic (exact) mass is 586 g/mol. The molecule has 0 bridgehead atoms. The van der Waals surface area contributed by atoms with E-state index in [1.165, 1.54) is 58.8 Å². The van der Waals surface area contributed by atoms with Gasteiger partial charge in [-0.3, -0.25) is 4.79 Å². The lowest BCUT2D eigenvalue weighted by atomic mass is 9.90. The Balaban J connectivity index is 1.90. The second-order valence-electron chi connectivity index (χ2n) is 9.20. The van der Waals surface area contributed by atoms with E-state index < -0.39 is 41.1 Å². The summed E-state index contributed by atoms with van der Waals surface area (Å²) < 4.78 is 76.0. The minimum atomic E-state index is -5.22. The van der Waals surface area contributed by atoms with E-state index in [2.05, 4.69) is 0 Å². The second kappa shape index (κ2) is 12.2. The van der Waals surface area contributed by atoms with Gasteiger partial charge in [-0.05, 0) is 35.4 Å². The number of hydrogen-bond acceptors (Lipinski definition) is 8. The average molecular weight is 587 g/mol. The van der Waals surface area contributed by atoms with Gasteiger partial charge in [0.1, 0.15) is 11.5 Å². The number of alkyl halides is 3. The quantitative estimate of drug-likeness (QED) is 0.290. The van der Waals surface area contributed by atoms with E-state index in [0.717, 1.165) is 19.2 Å². The molecule has 42 heavy (non-hydrogen) atoms. The number of halogens is 3. The van der Waals surface area contributed by atoms with Crippen LogP contribution in [0, 0.1) is 0 Å². The number of Topliss-reactive ketones (excluding diaryl/α,β-unsaturated/α-hetero) is 1. The molecule has 222 valence electrons. The fourth-order valence-electron chi connectivity index (χ4n) is 5.05. The molecule has 3 atom stereocenters. The van der Waals surface area contributed by atoms with Crippen molar-refractivity contribution in [1.29, 1.82) is 0 Å². The van der Waals surface area contributed by atoms with Crippen LogP contribution in [-0.2, 0) is 29.4 Å². The summed E-state index contributed by atoms with van der Waals surface area (Å²) in [5.74, 6) is -2.60. The molecule has 0 fully saturated rings. The first-order valence-corrected chi connectivity index (χ1v) is 12.6. The van der Waals surface area contributed by atoms with Gasteiger partial charge in [-0.15, -0.1) is 0 Å². The van der Waals surface area contributed by atoms with Crippen LogP contribution in [0.3, 0.4) is 0 Å². The maximum absolute atomic E-state index is 14.7. The van der Waals surface area contributed by atoms with Crippen molar-refractivity contribution in [1.82, 2.24) is 0 Å². The van der Waals surface area contributed by atoms with Crippen LogP contribution in [0.15, 0.2) is 78.6 Å². The van der Waals surface area contributed by atoms with Crippen LogP contribution in [-0.4, -0.2) is 59.6 Å². The van der Waals surface area contributed by atoms with Gasteiger partial charge in [0.05, 0.1) is 39.9 Å². The molecule has 3 aromatic rings. The molecule has 0 saturated carbocycles. The van der Waals surface area contributed by atoms with Gasteiger partial charge in [0.2, 0.25) is 0 Å². The fraction of sp³-hybridized carbons (Fsp3) is 0.290. The predicted molar refractivity (Wildman–Crippen MR) is 145 cm³/mol. The molecule has 0 saturated heterocycles. The largest absolute Gasteiger partial charge is 0.497 e. The second-order valence-corrected chi connectivity index (χ2v) is 9.20. The Kier molecular flexibility index (Phi) is 8.81. The number of carbonyl (C=O) groups excluding carboxylic acids is 2. The molecule has 0 radical (unpaired) electrons. The summed E-state index contributed by atoms with van der Waals surface area (Å²) in [6.45, 7) is 0. The van der Waals surface area contributed by atoms with Gasteiger partial charge in [0, 0.05) is 12.7 Å². The summed E-state index contributed by atoms with van der Waals surface area (Å²) in [6, 6.07) is 17.4. The number of ketones is 1. The van der Waals surface area contributed by atoms with Gasteiger partial charge < -0.3 is 28.4 Å². The van der Waals surface area contributed by atoms with Gasteiger partial charge in [0.25, 0.3) is 5.60 Å². The number of rotatable bonds is 10. The summed E-state index contributed by atoms with van der Waals surface area (Å²) in [5, 5.41) is 0. The zero-order valence-corrected chi connectivity index (χ0v) is 23.5. The van der Waals surface area contributed by atoms with Crippen molar-refractivity contribution >= 4 is 17.3 Å². The highest BCUT2D eigenvalue weighted by atomic mass is 19.4. The van der Waals surface area contributed by atoms with Gasteiger partial charge in [0.15, 0.2) is 23.4 Å². The fourth-order valence-corrected chi connectivity index (χ4v) is 5.05. The van der Waals surface area contributed by atoms with E-state index in [4.69, 9.17) is 28.4 Å². The average Bonchev–Trinajstić information content (AvgIpc) is 3.27. The molecule has 4 rings (SSSR count). The van der Waals surface area contributed by atoms with E-state index in [1.54, 1.807) is 30.3 Å². The van der Waals surface area contributed by atoms with Crippen LogP contribution >= 0.6 is 0 Å². The Morgan fingerprint density at radius 1 is 0.762 bits per heavy atom. The lowest BCUT2D eigenvalue weighted by molar-refractivity contribution is -0.278. The zero-order chi connectivity index (χ0) is 30.7. The third-order valence-electron chi connectivity index (χ3n) is 7.11. The van der Waals surface area contributed by atoms with Crippen molar-refractivity contribution in [3.05, 3.63) is 95.2 Å². The van der Waals surface area contributed by atoms with Crippen LogP contribution in [0.2, 0.25) is 0 Å². The molecule has 0 N–H and O–H groups in total. The van der Waals surface area contributed by atoms with Crippen molar-refractivity contribution in [2.24, 2.45) is 0 Å². The topological polar surface area (TPSA) is 89.5 Å². The van der Waals surface area contributed by atoms with Crippen LogP contribution < -0.4 is 14.2 Å². The predicted octanol–water partition coefficient (Wildman–Crippen LogP) is 5.45. The van der Waals surface area contributed by atoms with Crippen molar-refractivity contribution in [2.75, 3.05) is 35.5 Å². The van der Waals surface area contributed by atoms with Crippen LogP contribution in [0.5, 0.6) is 17.2 Å². The van der Waals surface area contributed by atoms with Gasteiger partial charge in [-0.1, -0.05) is 48.5 Å². The maximum atomic E-state index is 14.7. The minimum Gasteiger partial charge on any atom is -0.497 e. The molecule has 8 nitrogen and oxygen atoms in total. The molecule has 0 aliphatic heterocycles. The van der Waals surface area contributed by atoms with Crippen molar-refractivity contribution < 1.29 is 51.2 Å². The Bertz CT molecular complexity index is 1470. The molecule has 1 aliphatic rings.